The maximum atomic E-state index is 13.4. The normalized spacial score (nSPS) is 15.6. The highest BCUT2D eigenvalue weighted by atomic mass is 32.2. The van der Waals surface area contributed by atoms with Gasteiger partial charge in [0.25, 0.3) is 5.56 Å². The number of nitrogens with zero attached hydrogens (tertiary/aromatic N) is 3. The summed E-state index contributed by atoms with van der Waals surface area (Å²) in [6.45, 7) is 6.69. The molecular weight excluding hydrogens is 456 g/mol. The number of aliphatic hydroxyl groups is 1. The Bertz CT molecular complexity index is 1330. The standard InChI is InChI=1S/C24H30N4O5S/c1-3-15-33-21-8-7-18(34(31,32)28-11-9-27(10-12-28)13-14-29)16-20(21)23-25-22-17(2)5-4-6-19(22)24(30)26-23/h4-8,16,29H,3,9-15H2,1-2H3,(H,25,26,30). The number of benzene rings is 2. The third-order valence-corrected chi connectivity index (χ3v) is 7.89. The zero-order valence-electron chi connectivity index (χ0n) is 19.5. The number of aryl methyl sites for hydroxylation is 1. The van der Waals surface area contributed by atoms with Crippen molar-refractivity contribution in [1.82, 2.24) is 19.2 Å². The second kappa shape index (κ2) is 10.2. The van der Waals surface area contributed by atoms with Gasteiger partial charge in [-0.15, -0.1) is 0 Å². The van der Waals surface area contributed by atoms with Crippen LogP contribution in [-0.2, 0) is 10.0 Å². The summed E-state index contributed by atoms with van der Waals surface area (Å²) in [5, 5.41) is 9.61. The number of ether oxygens (including phenoxy) is 1. The molecule has 0 amide bonds. The lowest BCUT2D eigenvalue weighted by Gasteiger charge is -2.33. The molecule has 1 aromatic heterocycles. The van der Waals surface area contributed by atoms with Gasteiger partial charge in [0.05, 0.1) is 34.6 Å². The lowest BCUT2D eigenvalue weighted by molar-refractivity contribution is 0.151. The molecule has 4 rings (SSSR count). The first-order chi connectivity index (χ1) is 16.3. The van der Waals surface area contributed by atoms with Crippen molar-refractivity contribution in [2.75, 3.05) is 45.9 Å². The number of fused-ring (bicyclic) bond motifs is 1. The molecular formula is C24H30N4O5S. The van der Waals surface area contributed by atoms with E-state index in [9.17, 15) is 13.2 Å². The molecule has 2 N–H and O–H groups in total. The SMILES string of the molecule is CCCOc1ccc(S(=O)(=O)N2CCN(CCO)CC2)cc1-c1nc2c(C)cccc2c(=O)[nH]1. The molecule has 1 saturated heterocycles. The Balaban J connectivity index is 1.76. The largest absolute Gasteiger partial charge is 0.493 e. The Hall–Kier alpha value is -2.79. The van der Waals surface area contributed by atoms with Crippen LogP contribution in [0.4, 0.5) is 0 Å². The molecule has 1 aliphatic rings. The lowest BCUT2D eigenvalue weighted by Crippen LogP contribution is -2.49. The summed E-state index contributed by atoms with van der Waals surface area (Å²) in [6, 6.07) is 10.1. The number of nitrogens with one attached hydrogen (secondary N) is 1. The molecule has 0 unspecified atom stereocenters. The van der Waals surface area contributed by atoms with E-state index in [-0.39, 0.29) is 22.9 Å². The monoisotopic (exact) mass is 486 g/mol. The average molecular weight is 487 g/mol. The zero-order chi connectivity index (χ0) is 24.3. The number of para-hydroxylation sites is 1. The van der Waals surface area contributed by atoms with E-state index < -0.39 is 10.0 Å². The Kier molecular flexibility index (Phi) is 7.32. The number of aromatic amines is 1. The van der Waals surface area contributed by atoms with E-state index in [0.29, 0.717) is 61.5 Å². The van der Waals surface area contributed by atoms with Gasteiger partial charge in [-0.25, -0.2) is 13.4 Å². The van der Waals surface area contributed by atoms with Gasteiger partial charge in [-0.3, -0.25) is 9.69 Å². The predicted molar refractivity (Wildman–Crippen MR) is 131 cm³/mol. The first kappa shape index (κ1) is 24.3. The van der Waals surface area contributed by atoms with Crippen LogP contribution < -0.4 is 10.3 Å². The van der Waals surface area contributed by atoms with E-state index in [0.717, 1.165) is 12.0 Å². The number of rotatable bonds is 8. The Morgan fingerprint density at radius 2 is 1.91 bits per heavy atom. The fourth-order valence-corrected chi connectivity index (χ4v) is 5.56. The smallest absolute Gasteiger partial charge is 0.259 e. The van der Waals surface area contributed by atoms with Crippen LogP contribution >= 0.6 is 0 Å². The summed E-state index contributed by atoms with van der Waals surface area (Å²) < 4.78 is 34.2. The Morgan fingerprint density at radius 1 is 1.15 bits per heavy atom. The Morgan fingerprint density at radius 3 is 2.62 bits per heavy atom. The quantitative estimate of drug-likeness (QED) is 0.500. The Labute approximate surface area is 199 Å². The maximum absolute atomic E-state index is 13.4. The molecule has 34 heavy (non-hydrogen) atoms. The van der Waals surface area contributed by atoms with Gasteiger partial charge >= 0.3 is 0 Å². The molecule has 1 aliphatic heterocycles. The van der Waals surface area contributed by atoms with Crippen LogP contribution in [0.15, 0.2) is 46.1 Å². The van der Waals surface area contributed by atoms with E-state index >= 15 is 0 Å². The second-order valence-electron chi connectivity index (χ2n) is 8.36. The molecule has 182 valence electrons. The molecule has 0 saturated carbocycles. The van der Waals surface area contributed by atoms with Crippen molar-refractivity contribution in [2.24, 2.45) is 0 Å². The molecule has 2 aromatic carbocycles. The van der Waals surface area contributed by atoms with Crippen molar-refractivity contribution >= 4 is 20.9 Å². The van der Waals surface area contributed by atoms with Crippen LogP contribution in [0.5, 0.6) is 5.75 Å². The van der Waals surface area contributed by atoms with E-state index in [4.69, 9.17) is 9.84 Å². The van der Waals surface area contributed by atoms with E-state index in [1.807, 2.05) is 24.8 Å². The fourth-order valence-electron chi connectivity index (χ4n) is 4.11. The number of β-amino-alcohol motifs (C(OH)–C–C–N with tert-alkyl or cyclic N) is 1. The van der Waals surface area contributed by atoms with Crippen molar-refractivity contribution in [2.45, 2.75) is 25.2 Å². The summed E-state index contributed by atoms with van der Waals surface area (Å²) >= 11 is 0. The maximum Gasteiger partial charge on any atom is 0.259 e. The van der Waals surface area contributed by atoms with Gasteiger partial charge in [-0.05, 0) is 43.2 Å². The van der Waals surface area contributed by atoms with E-state index in [1.165, 1.54) is 16.4 Å². The fraction of sp³-hybridized carbons (Fsp3) is 0.417. The third-order valence-electron chi connectivity index (χ3n) is 5.99. The van der Waals surface area contributed by atoms with Gasteiger partial charge in [0.15, 0.2) is 0 Å². The predicted octanol–water partition coefficient (Wildman–Crippen LogP) is 1.99. The molecule has 0 atom stereocenters. The summed E-state index contributed by atoms with van der Waals surface area (Å²) in [5.41, 5.74) is 1.55. The number of sulfonamides is 1. The summed E-state index contributed by atoms with van der Waals surface area (Å²) in [6.07, 6.45) is 0.776. The van der Waals surface area contributed by atoms with Crippen LogP contribution in [0.1, 0.15) is 18.9 Å². The highest BCUT2D eigenvalue weighted by molar-refractivity contribution is 7.89. The first-order valence-corrected chi connectivity index (χ1v) is 12.9. The minimum Gasteiger partial charge on any atom is -0.493 e. The van der Waals surface area contributed by atoms with Crippen molar-refractivity contribution in [3.05, 3.63) is 52.3 Å². The number of aromatic nitrogens is 2. The number of piperazine rings is 1. The van der Waals surface area contributed by atoms with Gasteiger partial charge in [0.1, 0.15) is 11.6 Å². The van der Waals surface area contributed by atoms with Crippen molar-refractivity contribution in [1.29, 1.82) is 0 Å². The van der Waals surface area contributed by atoms with Crippen molar-refractivity contribution in [3.8, 4) is 17.1 Å². The van der Waals surface area contributed by atoms with Crippen LogP contribution in [0, 0.1) is 6.92 Å². The topological polar surface area (TPSA) is 116 Å². The molecule has 0 spiro atoms. The van der Waals surface area contributed by atoms with Crippen molar-refractivity contribution in [3.63, 3.8) is 0 Å². The summed E-state index contributed by atoms with van der Waals surface area (Å²) in [5.74, 6) is 0.729. The average Bonchev–Trinajstić information content (AvgIpc) is 2.84. The minimum atomic E-state index is -3.76. The zero-order valence-corrected chi connectivity index (χ0v) is 20.3. The third kappa shape index (κ3) is 4.85. The van der Waals surface area contributed by atoms with Crippen LogP contribution in [-0.4, -0.2) is 78.6 Å². The molecule has 9 nitrogen and oxygen atoms in total. The second-order valence-corrected chi connectivity index (χ2v) is 10.3. The molecule has 3 aromatic rings. The van der Waals surface area contributed by atoms with Crippen LogP contribution in [0.2, 0.25) is 0 Å². The molecule has 0 aliphatic carbocycles. The summed E-state index contributed by atoms with van der Waals surface area (Å²) in [4.78, 5) is 22.4. The molecule has 10 heteroatoms. The highest BCUT2D eigenvalue weighted by Crippen LogP contribution is 2.32. The molecule has 2 heterocycles. The van der Waals surface area contributed by atoms with E-state index in [2.05, 4.69) is 9.97 Å². The minimum absolute atomic E-state index is 0.0474. The van der Waals surface area contributed by atoms with Gasteiger partial charge in [0.2, 0.25) is 10.0 Å². The number of aliphatic hydroxyl groups excluding tert-OH is 1. The molecule has 0 bridgehead atoms. The van der Waals surface area contributed by atoms with Gasteiger partial charge in [-0.2, -0.15) is 4.31 Å². The number of hydrogen-bond acceptors (Lipinski definition) is 7. The van der Waals surface area contributed by atoms with Gasteiger partial charge in [0, 0.05) is 32.7 Å². The molecule has 0 radical (unpaired) electrons. The first-order valence-electron chi connectivity index (χ1n) is 11.5. The molecule has 1 fully saturated rings. The van der Waals surface area contributed by atoms with Crippen LogP contribution in [0.25, 0.3) is 22.3 Å². The number of hydrogen-bond donors (Lipinski definition) is 2. The summed E-state index contributed by atoms with van der Waals surface area (Å²) in [7, 11) is -3.76. The van der Waals surface area contributed by atoms with E-state index in [1.54, 1.807) is 18.2 Å². The van der Waals surface area contributed by atoms with Crippen LogP contribution in [0.3, 0.4) is 0 Å². The van der Waals surface area contributed by atoms with Crippen molar-refractivity contribution < 1.29 is 18.3 Å². The number of H-pyrrole nitrogens is 1. The van der Waals surface area contributed by atoms with Gasteiger partial charge in [-0.1, -0.05) is 19.1 Å². The highest BCUT2D eigenvalue weighted by Gasteiger charge is 2.29. The van der Waals surface area contributed by atoms with Gasteiger partial charge < -0.3 is 14.8 Å². The lowest BCUT2D eigenvalue weighted by atomic mass is 10.1.